The second-order valence-corrected chi connectivity index (χ2v) is 5.59. The zero-order valence-corrected chi connectivity index (χ0v) is 13.8. The highest BCUT2D eigenvalue weighted by atomic mass is 35.5. The van der Waals surface area contributed by atoms with Crippen LogP contribution in [0.2, 0.25) is 15.1 Å². The first-order valence-corrected chi connectivity index (χ1v) is 7.40. The van der Waals surface area contributed by atoms with Crippen molar-refractivity contribution in [1.82, 2.24) is 0 Å². The maximum absolute atomic E-state index is 11.9. The third-order valence-electron chi connectivity index (χ3n) is 2.79. The molecule has 114 valence electrons. The molecule has 0 aliphatic rings. The molecule has 0 fully saturated rings. The van der Waals surface area contributed by atoms with Crippen LogP contribution >= 0.6 is 34.8 Å². The van der Waals surface area contributed by atoms with Gasteiger partial charge in [0.1, 0.15) is 5.75 Å². The summed E-state index contributed by atoms with van der Waals surface area (Å²) in [4.78, 5) is 11.9. The highest BCUT2D eigenvalue weighted by Gasteiger charge is 2.04. The average Bonchev–Trinajstić information content (AvgIpc) is 2.48. The first-order valence-electron chi connectivity index (χ1n) is 6.27. The van der Waals surface area contributed by atoms with E-state index in [4.69, 9.17) is 39.5 Å². The predicted octanol–water partition coefficient (Wildman–Crippen LogP) is 5.31. The highest BCUT2D eigenvalue weighted by Crippen LogP contribution is 2.26. The van der Waals surface area contributed by atoms with E-state index in [1.165, 1.54) is 6.08 Å². The van der Waals surface area contributed by atoms with Gasteiger partial charge in [-0.2, -0.15) is 0 Å². The Hall–Kier alpha value is -1.68. The van der Waals surface area contributed by atoms with Crippen molar-refractivity contribution in [2.45, 2.75) is 0 Å². The molecule has 0 heterocycles. The van der Waals surface area contributed by atoms with Gasteiger partial charge in [-0.15, -0.1) is 0 Å². The van der Waals surface area contributed by atoms with Crippen LogP contribution in [0.5, 0.6) is 5.75 Å². The van der Waals surface area contributed by atoms with E-state index >= 15 is 0 Å². The van der Waals surface area contributed by atoms with E-state index in [-0.39, 0.29) is 5.91 Å². The highest BCUT2D eigenvalue weighted by molar-refractivity contribution is 6.36. The number of halogens is 3. The van der Waals surface area contributed by atoms with Crippen molar-refractivity contribution in [3.05, 3.63) is 63.1 Å². The molecule has 3 nitrogen and oxygen atoms in total. The Labute approximate surface area is 143 Å². The number of hydrogen-bond donors (Lipinski definition) is 1. The van der Waals surface area contributed by atoms with Gasteiger partial charge in [0.25, 0.3) is 0 Å². The van der Waals surface area contributed by atoms with Gasteiger partial charge in [0.15, 0.2) is 0 Å². The maximum Gasteiger partial charge on any atom is 0.248 e. The first-order chi connectivity index (χ1) is 10.5. The maximum atomic E-state index is 11.9. The van der Waals surface area contributed by atoms with Crippen molar-refractivity contribution in [1.29, 1.82) is 0 Å². The van der Waals surface area contributed by atoms with Gasteiger partial charge in [-0.3, -0.25) is 4.79 Å². The van der Waals surface area contributed by atoms with Crippen molar-refractivity contribution >= 4 is 52.5 Å². The summed E-state index contributed by atoms with van der Waals surface area (Å²) in [6, 6.07) is 10.1. The second kappa shape index (κ2) is 7.54. The fraction of sp³-hybridized carbons (Fsp3) is 0.0625. The molecule has 0 aliphatic heterocycles. The Balaban J connectivity index is 2.06. The van der Waals surface area contributed by atoms with Crippen LogP contribution in [0.15, 0.2) is 42.5 Å². The van der Waals surface area contributed by atoms with Gasteiger partial charge in [0.05, 0.1) is 22.8 Å². The number of anilines is 1. The van der Waals surface area contributed by atoms with Gasteiger partial charge >= 0.3 is 0 Å². The molecule has 0 saturated heterocycles. The molecule has 0 bridgehead atoms. The Morgan fingerprint density at radius 3 is 2.50 bits per heavy atom. The molecular formula is C16H12Cl3NO2. The molecule has 6 heteroatoms. The van der Waals surface area contributed by atoms with Gasteiger partial charge in [-0.25, -0.2) is 0 Å². The zero-order chi connectivity index (χ0) is 16.1. The predicted molar refractivity (Wildman–Crippen MR) is 92.1 cm³/mol. The summed E-state index contributed by atoms with van der Waals surface area (Å²) in [5.41, 5.74) is 1.27. The third-order valence-corrected chi connectivity index (χ3v) is 3.64. The van der Waals surface area contributed by atoms with Crippen molar-refractivity contribution in [3.8, 4) is 5.75 Å². The monoisotopic (exact) mass is 355 g/mol. The van der Waals surface area contributed by atoms with E-state index in [9.17, 15) is 4.79 Å². The number of rotatable bonds is 4. The van der Waals surface area contributed by atoms with Crippen LogP contribution in [0.4, 0.5) is 5.69 Å². The largest absolute Gasteiger partial charge is 0.495 e. The van der Waals surface area contributed by atoms with E-state index < -0.39 is 0 Å². The Bertz CT molecular complexity index is 729. The minimum Gasteiger partial charge on any atom is -0.495 e. The molecule has 0 saturated carbocycles. The number of methoxy groups -OCH3 is 1. The van der Waals surface area contributed by atoms with Crippen LogP contribution in [0.1, 0.15) is 5.56 Å². The molecule has 1 amide bonds. The first kappa shape index (κ1) is 16.7. The normalized spacial score (nSPS) is 10.7. The van der Waals surface area contributed by atoms with Crippen LogP contribution in [-0.2, 0) is 4.79 Å². The van der Waals surface area contributed by atoms with E-state index in [1.54, 1.807) is 49.6 Å². The lowest BCUT2D eigenvalue weighted by atomic mass is 10.2. The summed E-state index contributed by atoms with van der Waals surface area (Å²) in [6.07, 6.45) is 3.04. The van der Waals surface area contributed by atoms with Gasteiger partial charge in [-0.1, -0.05) is 40.9 Å². The number of carbonyl (C=O) groups is 1. The van der Waals surface area contributed by atoms with Crippen molar-refractivity contribution in [2.24, 2.45) is 0 Å². The van der Waals surface area contributed by atoms with Gasteiger partial charge in [0, 0.05) is 11.1 Å². The molecule has 2 aromatic carbocycles. The Kier molecular flexibility index (Phi) is 5.72. The third kappa shape index (κ3) is 4.41. The number of benzene rings is 2. The van der Waals surface area contributed by atoms with Crippen molar-refractivity contribution in [2.75, 3.05) is 12.4 Å². The smallest absolute Gasteiger partial charge is 0.248 e. The lowest BCUT2D eigenvalue weighted by Crippen LogP contribution is -2.08. The minimum absolute atomic E-state index is 0.309. The molecule has 0 aliphatic carbocycles. The molecule has 22 heavy (non-hydrogen) atoms. The summed E-state index contributed by atoms with van der Waals surface area (Å²) in [5, 5.41) is 4.03. The average molecular weight is 357 g/mol. The topological polar surface area (TPSA) is 38.3 Å². The zero-order valence-electron chi connectivity index (χ0n) is 11.6. The standard InChI is InChI=1S/C16H12Cl3NO2/c1-22-15-6-2-10(8-13(15)19)3-7-16(21)20-14-5-4-11(17)9-12(14)18/h2-9H,1H3,(H,20,21)/b7-3+. The number of ether oxygens (including phenoxy) is 1. The Morgan fingerprint density at radius 1 is 1.09 bits per heavy atom. The summed E-state index contributed by atoms with van der Waals surface area (Å²) in [5.74, 6) is 0.271. The van der Waals surface area contributed by atoms with E-state index in [1.807, 2.05) is 0 Å². The number of carbonyl (C=O) groups excluding carboxylic acids is 1. The molecule has 2 aromatic rings. The molecule has 0 spiro atoms. The summed E-state index contributed by atoms with van der Waals surface area (Å²) >= 11 is 17.8. The number of hydrogen-bond acceptors (Lipinski definition) is 2. The van der Waals surface area contributed by atoms with Gasteiger partial charge < -0.3 is 10.1 Å². The van der Waals surface area contributed by atoms with E-state index in [2.05, 4.69) is 5.32 Å². The van der Waals surface area contributed by atoms with Gasteiger partial charge in [-0.05, 0) is 42.0 Å². The van der Waals surface area contributed by atoms with Crippen LogP contribution in [-0.4, -0.2) is 13.0 Å². The van der Waals surface area contributed by atoms with Gasteiger partial charge in [0.2, 0.25) is 5.91 Å². The quantitative estimate of drug-likeness (QED) is 0.754. The molecule has 0 unspecified atom stereocenters. The lowest BCUT2D eigenvalue weighted by Gasteiger charge is -2.05. The molecule has 0 aromatic heterocycles. The lowest BCUT2D eigenvalue weighted by molar-refractivity contribution is -0.111. The molecule has 2 rings (SSSR count). The van der Waals surface area contributed by atoms with Crippen molar-refractivity contribution in [3.63, 3.8) is 0 Å². The molecule has 1 N–H and O–H groups in total. The fourth-order valence-electron chi connectivity index (χ4n) is 1.72. The van der Waals surface area contributed by atoms with Crippen LogP contribution in [0.3, 0.4) is 0 Å². The summed E-state index contributed by atoms with van der Waals surface area (Å²) in [6.45, 7) is 0. The summed E-state index contributed by atoms with van der Waals surface area (Å²) in [7, 11) is 1.54. The van der Waals surface area contributed by atoms with E-state index in [0.717, 1.165) is 5.56 Å². The minimum atomic E-state index is -0.309. The van der Waals surface area contributed by atoms with Crippen LogP contribution < -0.4 is 10.1 Å². The van der Waals surface area contributed by atoms with Crippen LogP contribution in [0.25, 0.3) is 6.08 Å². The fourth-order valence-corrected chi connectivity index (χ4v) is 2.45. The second-order valence-electron chi connectivity index (χ2n) is 4.34. The number of nitrogens with one attached hydrogen (secondary N) is 1. The van der Waals surface area contributed by atoms with E-state index in [0.29, 0.717) is 26.5 Å². The Morgan fingerprint density at radius 2 is 1.86 bits per heavy atom. The molecule has 0 radical (unpaired) electrons. The SMILES string of the molecule is COc1ccc(/C=C/C(=O)Nc2ccc(Cl)cc2Cl)cc1Cl. The summed E-state index contributed by atoms with van der Waals surface area (Å²) < 4.78 is 5.07. The van der Waals surface area contributed by atoms with Crippen LogP contribution in [0, 0.1) is 0 Å². The van der Waals surface area contributed by atoms with Crippen molar-refractivity contribution < 1.29 is 9.53 Å². The number of amides is 1. The molecule has 0 atom stereocenters. The molecular weight excluding hydrogens is 345 g/mol.